The third-order valence-electron chi connectivity index (χ3n) is 4.02. The van der Waals surface area contributed by atoms with Gasteiger partial charge in [0.25, 0.3) is 0 Å². The predicted octanol–water partition coefficient (Wildman–Crippen LogP) is 2.21. The molecule has 6 heteroatoms. The van der Waals surface area contributed by atoms with Gasteiger partial charge < -0.3 is 0 Å². The second kappa shape index (κ2) is 5.72. The van der Waals surface area contributed by atoms with Gasteiger partial charge in [-0.05, 0) is 37.7 Å². The number of sulfonamides is 1. The minimum atomic E-state index is -3.16. The molecule has 0 amide bonds. The van der Waals surface area contributed by atoms with Crippen molar-refractivity contribution in [2.75, 3.05) is 12.3 Å². The molecule has 1 heterocycles. The minimum absolute atomic E-state index is 0.149. The van der Waals surface area contributed by atoms with Crippen molar-refractivity contribution in [1.29, 1.82) is 0 Å². The number of nitrogens with zero attached hydrogens (tertiary/aromatic N) is 2. The Hall–Kier alpha value is -0.880. The first kappa shape index (κ1) is 15.0. The van der Waals surface area contributed by atoms with E-state index in [4.69, 9.17) is 5.10 Å². The van der Waals surface area contributed by atoms with E-state index in [9.17, 15) is 8.42 Å². The maximum Gasteiger partial charge on any atom is 0.211 e. The lowest BCUT2D eigenvalue weighted by molar-refractivity contribution is 0.541. The molecule has 1 aromatic rings. The minimum Gasteiger partial charge on any atom is -0.268 e. The zero-order chi connectivity index (χ0) is 15.0. The third kappa shape index (κ3) is 4.07. The van der Waals surface area contributed by atoms with Crippen molar-refractivity contribution in [3.8, 4) is 0 Å². The molecule has 2 aliphatic rings. The molecule has 21 heavy (non-hydrogen) atoms. The summed E-state index contributed by atoms with van der Waals surface area (Å²) >= 11 is 0. The molecule has 118 valence electrons. The van der Waals surface area contributed by atoms with Crippen molar-refractivity contribution in [3.63, 3.8) is 0 Å². The van der Waals surface area contributed by atoms with Crippen LogP contribution in [0.15, 0.2) is 6.07 Å². The quantitative estimate of drug-likeness (QED) is 0.800. The van der Waals surface area contributed by atoms with E-state index < -0.39 is 10.0 Å². The van der Waals surface area contributed by atoms with Crippen LogP contribution in [0.25, 0.3) is 0 Å². The normalized spacial score (nSPS) is 19.4. The van der Waals surface area contributed by atoms with Crippen LogP contribution in [0.3, 0.4) is 0 Å². The zero-order valence-corrected chi connectivity index (χ0v) is 13.7. The van der Waals surface area contributed by atoms with Crippen LogP contribution in [0.4, 0.5) is 0 Å². The van der Waals surface area contributed by atoms with Crippen LogP contribution < -0.4 is 4.72 Å². The molecule has 0 unspecified atom stereocenters. The summed E-state index contributed by atoms with van der Waals surface area (Å²) in [5, 5.41) is 4.70. The summed E-state index contributed by atoms with van der Waals surface area (Å²) in [6.45, 7) is 4.90. The fourth-order valence-corrected chi connectivity index (χ4v) is 4.12. The number of aromatic nitrogens is 2. The average molecular weight is 311 g/mol. The Balaban J connectivity index is 1.59. The fourth-order valence-electron chi connectivity index (χ4n) is 2.72. The molecule has 2 fully saturated rings. The van der Waals surface area contributed by atoms with Crippen LogP contribution in [-0.2, 0) is 16.6 Å². The molecule has 0 aromatic carbocycles. The van der Waals surface area contributed by atoms with Gasteiger partial charge in [-0.3, -0.25) is 4.68 Å². The van der Waals surface area contributed by atoms with Crippen molar-refractivity contribution >= 4 is 10.0 Å². The highest BCUT2D eigenvalue weighted by Crippen LogP contribution is 2.44. The fraction of sp³-hybridized carbons (Fsp3) is 0.800. The summed E-state index contributed by atoms with van der Waals surface area (Å²) in [5.41, 5.74) is 2.52. The summed E-state index contributed by atoms with van der Waals surface area (Å²) < 4.78 is 28.4. The van der Waals surface area contributed by atoms with Gasteiger partial charge in [0, 0.05) is 24.1 Å². The van der Waals surface area contributed by atoms with E-state index >= 15 is 0 Å². The smallest absolute Gasteiger partial charge is 0.211 e. The average Bonchev–Trinajstić information content (AvgIpc) is 3.27. The molecule has 1 N–H and O–H groups in total. The summed E-state index contributed by atoms with van der Waals surface area (Å²) in [7, 11) is -3.16. The Kier molecular flexibility index (Phi) is 4.10. The maximum absolute atomic E-state index is 11.8. The summed E-state index contributed by atoms with van der Waals surface area (Å²) in [4.78, 5) is 0. The Bertz CT molecular complexity index is 598. The molecule has 2 saturated carbocycles. The monoisotopic (exact) mass is 311 g/mol. The zero-order valence-electron chi connectivity index (χ0n) is 12.9. The van der Waals surface area contributed by atoms with Gasteiger partial charge in [0.15, 0.2) is 0 Å². The SMILES string of the molecule is CC(C)CS(=O)(=O)NCCn1nc(C2CC2)cc1C1CC1. The lowest BCUT2D eigenvalue weighted by Crippen LogP contribution is -2.31. The molecular formula is C15H25N3O2S. The van der Waals surface area contributed by atoms with Crippen molar-refractivity contribution < 1.29 is 8.42 Å². The molecule has 0 saturated heterocycles. The molecule has 2 aliphatic carbocycles. The third-order valence-corrected chi connectivity index (χ3v) is 5.77. The van der Waals surface area contributed by atoms with Crippen LogP contribution in [0.5, 0.6) is 0 Å². The van der Waals surface area contributed by atoms with Crippen LogP contribution in [0.1, 0.15) is 62.8 Å². The first-order valence-corrected chi connectivity index (χ1v) is 9.65. The van der Waals surface area contributed by atoms with Gasteiger partial charge in [-0.2, -0.15) is 5.10 Å². The Morgan fingerprint density at radius 3 is 2.52 bits per heavy atom. The molecule has 1 aromatic heterocycles. The number of hydrogen-bond acceptors (Lipinski definition) is 3. The van der Waals surface area contributed by atoms with E-state index in [2.05, 4.69) is 10.8 Å². The Labute approximate surface area is 127 Å². The maximum atomic E-state index is 11.8. The molecule has 5 nitrogen and oxygen atoms in total. The van der Waals surface area contributed by atoms with Crippen LogP contribution in [-0.4, -0.2) is 30.5 Å². The lowest BCUT2D eigenvalue weighted by Gasteiger charge is -2.10. The molecule has 3 rings (SSSR count). The number of hydrogen-bond donors (Lipinski definition) is 1. The Morgan fingerprint density at radius 1 is 1.29 bits per heavy atom. The van der Waals surface area contributed by atoms with E-state index in [1.807, 2.05) is 18.5 Å². The molecule has 0 bridgehead atoms. The van der Waals surface area contributed by atoms with E-state index in [-0.39, 0.29) is 11.7 Å². The highest BCUT2D eigenvalue weighted by Gasteiger charge is 2.32. The summed E-state index contributed by atoms with van der Waals surface area (Å²) in [5.74, 6) is 1.64. The van der Waals surface area contributed by atoms with E-state index in [1.165, 1.54) is 37.1 Å². The second-order valence-electron chi connectivity index (χ2n) is 6.84. The molecule has 0 radical (unpaired) electrons. The highest BCUT2D eigenvalue weighted by molar-refractivity contribution is 7.89. The number of nitrogens with one attached hydrogen (secondary N) is 1. The van der Waals surface area contributed by atoms with Crippen molar-refractivity contribution in [2.24, 2.45) is 5.92 Å². The first-order valence-electron chi connectivity index (χ1n) is 7.99. The lowest BCUT2D eigenvalue weighted by atomic mass is 10.2. The summed E-state index contributed by atoms with van der Waals surface area (Å²) in [6.07, 6.45) is 4.99. The van der Waals surface area contributed by atoms with Crippen molar-refractivity contribution in [3.05, 3.63) is 17.5 Å². The van der Waals surface area contributed by atoms with Gasteiger partial charge >= 0.3 is 0 Å². The predicted molar refractivity (Wildman–Crippen MR) is 82.8 cm³/mol. The molecular weight excluding hydrogens is 286 g/mol. The first-order chi connectivity index (χ1) is 9.94. The van der Waals surface area contributed by atoms with Crippen molar-refractivity contribution in [2.45, 2.75) is 57.9 Å². The van der Waals surface area contributed by atoms with Crippen molar-refractivity contribution in [1.82, 2.24) is 14.5 Å². The van der Waals surface area contributed by atoms with E-state index in [0.29, 0.717) is 24.9 Å². The van der Waals surface area contributed by atoms with Gasteiger partial charge in [-0.1, -0.05) is 13.8 Å². The molecule has 0 spiro atoms. The van der Waals surface area contributed by atoms with E-state index in [0.717, 1.165) is 0 Å². The van der Waals surface area contributed by atoms with E-state index in [1.54, 1.807) is 0 Å². The van der Waals surface area contributed by atoms with Crippen LogP contribution in [0.2, 0.25) is 0 Å². The molecule has 0 aliphatic heterocycles. The highest BCUT2D eigenvalue weighted by atomic mass is 32.2. The Morgan fingerprint density at radius 2 is 1.95 bits per heavy atom. The van der Waals surface area contributed by atoms with Gasteiger partial charge in [-0.25, -0.2) is 13.1 Å². The second-order valence-corrected chi connectivity index (χ2v) is 8.69. The van der Waals surface area contributed by atoms with Gasteiger partial charge in [-0.15, -0.1) is 0 Å². The van der Waals surface area contributed by atoms with Crippen LogP contribution >= 0.6 is 0 Å². The van der Waals surface area contributed by atoms with Gasteiger partial charge in [0.2, 0.25) is 10.0 Å². The summed E-state index contributed by atoms with van der Waals surface area (Å²) in [6, 6.07) is 2.25. The number of rotatable bonds is 8. The standard InChI is InChI=1S/C15H25N3O2S/c1-11(2)10-21(19,20)16-7-8-18-15(13-5-6-13)9-14(17-18)12-3-4-12/h9,11-13,16H,3-8,10H2,1-2H3. The van der Waals surface area contributed by atoms with Gasteiger partial charge in [0.1, 0.15) is 0 Å². The van der Waals surface area contributed by atoms with Crippen LogP contribution in [0, 0.1) is 5.92 Å². The largest absolute Gasteiger partial charge is 0.268 e. The van der Waals surface area contributed by atoms with Gasteiger partial charge in [0.05, 0.1) is 18.0 Å². The topological polar surface area (TPSA) is 64.0 Å². The molecule has 0 atom stereocenters.